The van der Waals surface area contributed by atoms with Crippen LogP contribution in [-0.4, -0.2) is 48.8 Å². The topological polar surface area (TPSA) is 78.9 Å². The predicted octanol–water partition coefficient (Wildman–Crippen LogP) is 2.54. The van der Waals surface area contributed by atoms with Gasteiger partial charge in [0, 0.05) is 19.8 Å². The number of carbonyl (C=O) groups excluding carboxylic acids is 1. The number of carbonyl (C=O) groups is 2. The summed E-state index contributed by atoms with van der Waals surface area (Å²) >= 11 is 5.83. The number of nitrogens with zero attached hydrogens (tertiary/aromatic N) is 1. The summed E-state index contributed by atoms with van der Waals surface area (Å²) in [4.78, 5) is 24.3. The number of hydrogen-bond acceptors (Lipinski definition) is 3. The summed E-state index contributed by atoms with van der Waals surface area (Å²) in [5, 5.41) is 11.6. The van der Waals surface area contributed by atoms with Crippen molar-refractivity contribution in [3.8, 4) is 0 Å². The lowest BCUT2D eigenvalue weighted by Crippen LogP contribution is -2.40. The lowest BCUT2D eigenvalue weighted by molar-refractivity contribution is 0.0697. The van der Waals surface area contributed by atoms with Crippen LogP contribution in [0, 0.1) is 0 Å². The molecule has 1 rings (SSSR count). The normalized spacial score (nSPS) is 11.8. The summed E-state index contributed by atoms with van der Waals surface area (Å²) < 4.78 is 4.98. The van der Waals surface area contributed by atoms with Crippen molar-refractivity contribution in [1.29, 1.82) is 0 Å². The molecule has 20 heavy (non-hydrogen) atoms. The number of ether oxygens (including phenoxy) is 1. The fourth-order valence-corrected chi connectivity index (χ4v) is 1.79. The minimum Gasteiger partial charge on any atom is -0.478 e. The highest BCUT2D eigenvalue weighted by Crippen LogP contribution is 2.21. The van der Waals surface area contributed by atoms with Gasteiger partial charge in [-0.05, 0) is 25.1 Å². The SMILES string of the molecule is COCC(C)N(C)C(=O)Nc1ccc(C(=O)O)c(Cl)c1. The Morgan fingerprint density at radius 3 is 2.65 bits per heavy atom. The van der Waals surface area contributed by atoms with Gasteiger partial charge >= 0.3 is 12.0 Å². The maximum absolute atomic E-state index is 12.0. The molecule has 0 aliphatic rings. The van der Waals surface area contributed by atoms with Gasteiger partial charge in [0.05, 0.1) is 23.2 Å². The molecule has 0 spiro atoms. The first kappa shape index (κ1) is 16.3. The first-order chi connectivity index (χ1) is 9.36. The van der Waals surface area contributed by atoms with Gasteiger partial charge in [0.25, 0.3) is 0 Å². The molecule has 1 aromatic rings. The van der Waals surface area contributed by atoms with Crippen LogP contribution >= 0.6 is 11.6 Å². The van der Waals surface area contributed by atoms with Gasteiger partial charge in [-0.3, -0.25) is 0 Å². The van der Waals surface area contributed by atoms with Crippen LogP contribution in [0.1, 0.15) is 17.3 Å². The average molecular weight is 301 g/mol. The molecule has 0 fully saturated rings. The number of aromatic carboxylic acids is 1. The molecule has 0 radical (unpaired) electrons. The number of anilines is 1. The van der Waals surface area contributed by atoms with Gasteiger partial charge in [-0.15, -0.1) is 0 Å². The molecular formula is C13H17ClN2O4. The molecule has 0 aliphatic heterocycles. The van der Waals surface area contributed by atoms with Crippen molar-refractivity contribution in [3.05, 3.63) is 28.8 Å². The van der Waals surface area contributed by atoms with Crippen molar-refractivity contribution in [2.75, 3.05) is 26.1 Å². The molecule has 1 aromatic carbocycles. The number of amides is 2. The Balaban J connectivity index is 2.76. The van der Waals surface area contributed by atoms with E-state index in [4.69, 9.17) is 21.4 Å². The number of urea groups is 1. The van der Waals surface area contributed by atoms with Crippen LogP contribution in [0.4, 0.5) is 10.5 Å². The molecule has 0 aliphatic carbocycles. The highest BCUT2D eigenvalue weighted by molar-refractivity contribution is 6.33. The van der Waals surface area contributed by atoms with Crippen molar-refractivity contribution in [2.45, 2.75) is 13.0 Å². The number of likely N-dealkylation sites (N-methyl/N-ethyl adjacent to an activating group) is 1. The van der Waals surface area contributed by atoms with Crippen molar-refractivity contribution >= 4 is 29.3 Å². The van der Waals surface area contributed by atoms with E-state index >= 15 is 0 Å². The van der Waals surface area contributed by atoms with Crippen LogP contribution in [0.5, 0.6) is 0 Å². The van der Waals surface area contributed by atoms with Gasteiger partial charge in [0.1, 0.15) is 0 Å². The Bertz CT molecular complexity index is 507. The number of nitrogens with one attached hydrogen (secondary N) is 1. The van der Waals surface area contributed by atoms with Gasteiger partial charge in [-0.25, -0.2) is 9.59 Å². The highest BCUT2D eigenvalue weighted by Gasteiger charge is 2.16. The number of carboxylic acid groups (broad SMARTS) is 1. The van der Waals surface area contributed by atoms with Crippen LogP contribution < -0.4 is 5.32 Å². The van der Waals surface area contributed by atoms with E-state index in [2.05, 4.69) is 5.32 Å². The lowest BCUT2D eigenvalue weighted by Gasteiger charge is -2.24. The summed E-state index contributed by atoms with van der Waals surface area (Å²) in [6.45, 7) is 2.27. The Labute approximate surface area is 122 Å². The van der Waals surface area contributed by atoms with E-state index in [1.54, 1.807) is 14.2 Å². The molecule has 0 saturated heterocycles. The van der Waals surface area contributed by atoms with E-state index in [-0.39, 0.29) is 22.7 Å². The van der Waals surface area contributed by atoms with E-state index in [1.165, 1.54) is 23.1 Å². The molecule has 2 amide bonds. The second-order valence-electron chi connectivity index (χ2n) is 4.35. The minimum atomic E-state index is -1.11. The molecule has 0 heterocycles. The highest BCUT2D eigenvalue weighted by atomic mass is 35.5. The number of carboxylic acids is 1. The Kier molecular flexibility index (Phi) is 5.79. The third-order valence-electron chi connectivity index (χ3n) is 2.84. The van der Waals surface area contributed by atoms with Crippen molar-refractivity contribution in [2.24, 2.45) is 0 Å². The molecular weight excluding hydrogens is 284 g/mol. The van der Waals surface area contributed by atoms with Gasteiger partial charge in [0.2, 0.25) is 0 Å². The fraction of sp³-hybridized carbons (Fsp3) is 0.385. The monoisotopic (exact) mass is 300 g/mol. The van der Waals surface area contributed by atoms with E-state index < -0.39 is 5.97 Å². The van der Waals surface area contributed by atoms with Crippen molar-refractivity contribution in [1.82, 2.24) is 4.90 Å². The van der Waals surface area contributed by atoms with Crippen LogP contribution in [-0.2, 0) is 4.74 Å². The molecule has 2 N–H and O–H groups in total. The summed E-state index contributed by atoms with van der Waals surface area (Å²) in [5.74, 6) is -1.11. The third kappa shape index (κ3) is 4.11. The van der Waals surface area contributed by atoms with E-state index in [1.807, 2.05) is 6.92 Å². The van der Waals surface area contributed by atoms with Crippen LogP contribution in [0.2, 0.25) is 5.02 Å². The number of halogens is 1. The molecule has 0 aromatic heterocycles. The van der Waals surface area contributed by atoms with E-state index in [0.29, 0.717) is 12.3 Å². The van der Waals surface area contributed by atoms with Gasteiger partial charge < -0.3 is 20.1 Å². The summed E-state index contributed by atoms with van der Waals surface area (Å²) in [7, 11) is 3.21. The molecule has 110 valence electrons. The second kappa shape index (κ2) is 7.12. The predicted molar refractivity (Wildman–Crippen MR) is 76.5 cm³/mol. The Morgan fingerprint density at radius 1 is 1.50 bits per heavy atom. The number of hydrogen-bond donors (Lipinski definition) is 2. The molecule has 0 saturated carbocycles. The van der Waals surface area contributed by atoms with Crippen LogP contribution in [0.15, 0.2) is 18.2 Å². The maximum atomic E-state index is 12.0. The summed E-state index contributed by atoms with van der Waals surface area (Å²) in [6.07, 6.45) is 0. The lowest BCUT2D eigenvalue weighted by atomic mass is 10.2. The van der Waals surface area contributed by atoms with E-state index in [0.717, 1.165) is 0 Å². The van der Waals surface area contributed by atoms with Crippen molar-refractivity contribution < 1.29 is 19.4 Å². The second-order valence-corrected chi connectivity index (χ2v) is 4.75. The summed E-state index contributed by atoms with van der Waals surface area (Å²) in [6, 6.07) is 3.82. The maximum Gasteiger partial charge on any atom is 0.337 e. The largest absolute Gasteiger partial charge is 0.478 e. The first-order valence-electron chi connectivity index (χ1n) is 5.92. The van der Waals surface area contributed by atoms with Gasteiger partial charge in [-0.2, -0.15) is 0 Å². The quantitative estimate of drug-likeness (QED) is 0.876. The molecule has 1 unspecified atom stereocenters. The minimum absolute atomic E-state index is 0.00855. The number of methoxy groups -OCH3 is 1. The number of rotatable bonds is 5. The average Bonchev–Trinajstić information content (AvgIpc) is 2.37. The fourth-order valence-electron chi connectivity index (χ4n) is 1.53. The van der Waals surface area contributed by atoms with Gasteiger partial charge in [-0.1, -0.05) is 11.6 Å². The molecule has 7 heteroatoms. The Morgan fingerprint density at radius 2 is 2.15 bits per heavy atom. The summed E-state index contributed by atoms with van der Waals surface area (Å²) in [5.41, 5.74) is 0.423. The molecule has 6 nitrogen and oxygen atoms in total. The smallest absolute Gasteiger partial charge is 0.337 e. The zero-order valence-electron chi connectivity index (χ0n) is 11.5. The standard InChI is InChI=1S/C13H17ClN2O4/c1-8(7-20-3)16(2)13(19)15-9-4-5-10(12(17)18)11(14)6-9/h4-6,8H,7H2,1-3H3,(H,15,19)(H,17,18). The van der Waals surface area contributed by atoms with Crippen LogP contribution in [0.25, 0.3) is 0 Å². The zero-order valence-corrected chi connectivity index (χ0v) is 12.3. The van der Waals surface area contributed by atoms with E-state index in [9.17, 15) is 9.59 Å². The van der Waals surface area contributed by atoms with Crippen LogP contribution in [0.3, 0.4) is 0 Å². The van der Waals surface area contributed by atoms with Crippen molar-refractivity contribution in [3.63, 3.8) is 0 Å². The third-order valence-corrected chi connectivity index (χ3v) is 3.15. The zero-order chi connectivity index (χ0) is 15.3. The Hall–Kier alpha value is -1.79. The first-order valence-corrected chi connectivity index (χ1v) is 6.30. The molecule has 1 atom stereocenters. The molecule has 0 bridgehead atoms. The van der Waals surface area contributed by atoms with Gasteiger partial charge in [0.15, 0.2) is 0 Å². The number of benzene rings is 1.